The minimum atomic E-state index is -1.54. The predicted octanol–water partition coefficient (Wildman–Crippen LogP) is 1.23. The highest BCUT2D eigenvalue weighted by molar-refractivity contribution is 6.02. The van der Waals surface area contributed by atoms with Crippen LogP contribution in [0.1, 0.15) is 15.9 Å². The van der Waals surface area contributed by atoms with Gasteiger partial charge in [0.2, 0.25) is 5.75 Å². The van der Waals surface area contributed by atoms with Gasteiger partial charge in [0.15, 0.2) is 11.5 Å². The molecule has 0 saturated heterocycles. The molecule has 0 radical (unpaired) electrons. The predicted molar refractivity (Wildman–Crippen MR) is 93.0 cm³/mol. The second-order valence-electron chi connectivity index (χ2n) is 5.09. The van der Waals surface area contributed by atoms with Crippen LogP contribution in [0.2, 0.25) is 0 Å². The molecule has 0 bridgehead atoms. The van der Waals surface area contributed by atoms with Gasteiger partial charge in [-0.25, -0.2) is 0 Å². The van der Waals surface area contributed by atoms with E-state index in [0.29, 0.717) is 22.6 Å². The molecule has 0 aliphatic carbocycles. The summed E-state index contributed by atoms with van der Waals surface area (Å²) in [5.74, 6) is -1.12. The van der Waals surface area contributed by atoms with Crippen LogP contribution >= 0.6 is 0 Å². The molecule has 2 aromatic carbocycles. The molecule has 0 aromatic heterocycles. The number of hydrogen-bond acceptors (Lipinski definition) is 6. The maximum absolute atomic E-state index is 12.2. The van der Waals surface area contributed by atoms with E-state index in [1.807, 2.05) is 0 Å². The fraction of sp³-hybridized carbons (Fsp3) is 0.158. The molecule has 136 valence electrons. The van der Waals surface area contributed by atoms with E-state index in [-0.39, 0.29) is 5.75 Å². The van der Waals surface area contributed by atoms with Crippen molar-refractivity contribution in [2.24, 2.45) is 0 Å². The van der Waals surface area contributed by atoms with E-state index >= 15 is 0 Å². The minimum absolute atomic E-state index is 0.263. The van der Waals surface area contributed by atoms with E-state index in [4.69, 9.17) is 14.2 Å². The standard InChI is InChI=1S/C19H19NO6/c1-24-15-10-9-13(16(25-2)17(15)26-3)11-14(19(22)23)20-18(21)12-7-5-4-6-8-12/h4-11H,1-3H3,(H,20,21)(H,22,23)/p-1/b14-11-. The Labute approximate surface area is 150 Å². The third-order valence-electron chi connectivity index (χ3n) is 3.54. The monoisotopic (exact) mass is 356 g/mol. The van der Waals surface area contributed by atoms with Crippen molar-refractivity contribution in [3.05, 3.63) is 59.3 Å². The number of carboxylic acids is 1. The van der Waals surface area contributed by atoms with Crippen molar-refractivity contribution in [2.45, 2.75) is 0 Å². The van der Waals surface area contributed by atoms with Gasteiger partial charge < -0.3 is 29.4 Å². The van der Waals surface area contributed by atoms with E-state index in [0.717, 1.165) is 0 Å². The summed E-state index contributed by atoms with van der Waals surface area (Å²) in [7, 11) is 4.32. The van der Waals surface area contributed by atoms with Gasteiger partial charge >= 0.3 is 0 Å². The first kappa shape index (κ1) is 18.9. The fourth-order valence-corrected chi connectivity index (χ4v) is 2.32. The van der Waals surface area contributed by atoms with Gasteiger partial charge in [-0.15, -0.1) is 0 Å². The van der Waals surface area contributed by atoms with Crippen LogP contribution in [-0.4, -0.2) is 33.2 Å². The molecule has 0 fully saturated rings. The number of nitrogens with one attached hydrogen (secondary N) is 1. The number of hydrogen-bond donors (Lipinski definition) is 1. The Hall–Kier alpha value is -3.48. The Balaban J connectivity index is 2.43. The Morgan fingerprint density at radius 2 is 1.58 bits per heavy atom. The molecule has 0 aliphatic rings. The average molecular weight is 356 g/mol. The normalized spacial score (nSPS) is 10.8. The van der Waals surface area contributed by atoms with Crippen LogP contribution in [0.4, 0.5) is 0 Å². The molecular weight excluding hydrogens is 338 g/mol. The summed E-state index contributed by atoms with van der Waals surface area (Å²) in [6, 6.07) is 11.4. The Morgan fingerprint density at radius 1 is 0.923 bits per heavy atom. The van der Waals surface area contributed by atoms with E-state index < -0.39 is 17.6 Å². The van der Waals surface area contributed by atoms with Gasteiger partial charge in [0.1, 0.15) is 0 Å². The zero-order valence-corrected chi connectivity index (χ0v) is 14.6. The SMILES string of the molecule is COc1ccc(/C=C(\NC(=O)c2ccccc2)C(=O)[O-])c(OC)c1OC. The number of methoxy groups -OCH3 is 3. The van der Waals surface area contributed by atoms with Gasteiger partial charge in [0.05, 0.1) is 33.0 Å². The molecule has 7 heteroatoms. The molecule has 2 aromatic rings. The Bertz CT molecular complexity index is 829. The lowest BCUT2D eigenvalue weighted by atomic mass is 10.1. The molecule has 7 nitrogen and oxygen atoms in total. The van der Waals surface area contributed by atoms with Gasteiger partial charge in [-0.3, -0.25) is 4.79 Å². The quantitative estimate of drug-likeness (QED) is 0.750. The summed E-state index contributed by atoms with van der Waals surface area (Å²) in [5.41, 5.74) is 0.279. The van der Waals surface area contributed by atoms with Crippen LogP contribution in [0, 0.1) is 0 Å². The van der Waals surface area contributed by atoms with Gasteiger partial charge in [0.25, 0.3) is 5.91 Å². The number of carbonyl (C=O) groups is 2. The van der Waals surface area contributed by atoms with Crippen LogP contribution in [-0.2, 0) is 4.79 Å². The zero-order chi connectivity index (χ0) is 19.1. The second kappa shape index (κ2) is 8.57. The topological polar surface area (TPSA) is 96.9 Å². The van der Waals surface area contributed by atoms with Crippen molar-refractivity contribution >= 4 is 18.0 Å². The van der Waals surface area contributed by atoms with Crippen molar-refractivity contribution in [1.82, 2.24) is 5.32 Å². The highest BCUT2D eigenvalue weighted by atomic mass is 16.5. The lowest BCUT2D eigenvalue weighted by Crippen LogP contribution is -2.35. The van der Waals surface area contributed by atoms with Crippen LogP contribution in [0.25, 0.3) is 6.08 Å². The van der Waals surface area contributed by atoms with Gasteiger partial charge in [-0.05, 0) is 30.3 Å². The lowest BCUT2D eigenvalue weighted by Gasteiger charge is -2.16. The number of amides is 1. The molecule has 0 aliphatic heterocycles. The molecule has 0 atom stereocenters. The minimum Gasteiger partial charge on any atom is -0.543 e. The first-order valence-electron chi connectivity index (χ1n) is 7.60. The molecule has 0 unspecified atom stereocenters. The number of aliphatic carboxylic acids is 1. The van der Waals surface area contributed by atoms with Crippen molar-refractivity contribution < 1.29 is 28.9 Å². The number of carbonyl (C=O) groups excluding carboxylic acids is 2. The number of carboxylic acid groups (broad SMARTS) is 1. The number of benzene rings is 2. The highest BCUT2D eigenvalue weighted by Crippen LogP contribution is 2.40. The summed E-state index contributed by atoms with van der Waals surface area (Å²) in [5, 5.41) is 13.8. The molecular formula is C19H18NO6-. The summed E-state index contributed by atoms with van der Waals surface area (Å²) >= 11 is 0. The van der Waals surface area contributed by atoms with Crippen LogP contribution in [0.3, 0.4) is 0 Å². The smallest absolute Gasteiger partial charge is 0.255 e. The van der Waals surface area contributed by atoms with E-state index in [2.05, 4.69) is 5.32 Å². The lowest BCUT2D eigenvalue weighted by molar-refractivity contribution is -0.299. The highest BCUT2D eigenvalue weighted by Gasteiger charge is 2.16. The molecule has 2 rings (SSSR count). The third-order valence-corrected chi connectivity index (χ3v) is 3.54. The van der Waals surface area contributed by atoms with Gasteiger partial charge in [0, 0.05) is 11.1 Å². The molecule has 1 N–H and O–H groups in total. The largest absolute Gasteiger partial charge is 0.543 e. The van der Waals surface area contributed by atoms with Crippen LogP contribution in [0.5, 0.6) is 17.2 Å². The van der Waals surface area contributed by atoms with Crippen molar-refractivity contribution in [3.63, 3.8) is 0 Å². The van der Waals surface area contributed by atoms with Crippen molar-refractivity contribution in [3.8, 4) is 17.2 Å². The first-order valence-corrected chi connectivity index (χ1v) is 7.60. The van der Waals surface area contributed by atoms with E-state index in [1.54, 1.807) is 42.5 Å². The maximum Gasteiger partial charge on any atom is 0.255 e. The average Bonchev–Trinajstić information content (AvgIpc) is 2.67. The summed E-state index contributed by atoms with van der Waals surface area (Å²) in [6.07, 6.45) is 1.23. The number of ether oxygens (including phenoxy) is 3. The van der Waals surface area contributed by atoms with Gasteiger partial charge in [-0.1, -0.05) is 18.2 Å². The summed E-state index contributed by atoms with van der Waals surface area (Å²) in [4.78, 5) is 23.7. The molecule has 0 saturated carbocycles. The van der Waals surface area contributed by atoms with Crippen molar-refractivity contribution in [1.29, 1.82) is 0 Å². The summed E-state index contributed by atoms with van der Waals surface area (Å²) in [6.45, 7) is 0. The van der Waals surface area contributed by atoms with Crippen LogP contribution < -0.4 is 24.6 Å². The maximum atomic E-state index is 12.2. The Morgan fingerprint density at radius 3 is 2.12 bits per heavy atom. The summed E-state index contributed by atoms with van der Waals surface area (Å²) < 4.78 is 15.8. The fourth-order valence-electron chi connectivity index (χ4n) is 2.32. The van der Waals surface area contributed by atoms with Crippen LogP contribution in [0.15, 0.2) is 48.2 Å². The zero-order valence-electron chi connectivity index (χ0n) is 14.6. The first-order chi connectivity index (χ1) is 12.5. The third kappa shape index (κ3) is 4.13. The van der Waals surface area contributed by atoms with E-state index in [9.17, 15) is 14.7 Å². The number of rotatable bonds is 7. The molecule has 0 heterocycles. The van der Waals surface area contributed by atoms with Gasteiger partial charge in [-0.2, -0.15) is 0 Å². The molecule has 0 spiro atoms. The molecule has 1 amide bonds. The molecule has 26 heavy (non-hydrogen) atoms. The van der Waals surface area contributed by atoms with Crippen molar-refractivity contribution in [2.75, 3.05) is 21.3 Å². The second-order valence-corrected chi connectivity index (χ2v) is 5.09. The van der Waals surface area contributed by atoms with E-state index in [1.165, 1.54) is 27.4 Å². The Kier molecular flexibility index (Phi) is 6.21.